The number of nitrogens with zero attached hydrogens (tertiary/aromatic N) is 2. The molecule has 3 aromatic heterocycles. The van der Waals surface area contributed by atoms with Gasteiger partial charge in [-0.3, -0.25) is 0 Å². The van der Waals surface area contributed by atoms with Gasteiger partial charge >= 0.3 is 0 Å². The fourth-order valence-electron chi connectivity index (χ4n) is 9.08. The number of fused-ring (bicyclic) bond motifs is 9. The Hall–Kier alpha value is -7.62. The molecule has 0 saturated carbocycles. The lowest BCUT2D eigenvalue weighted by molar-refractivity contribution is 0.669. The second-order valence-corrected chi connectivity index (χ2v) is 14.9. The molecule has 0 radical (unpaired) electrons. The Labute approximate surface area is 356 Å². The highest BCUT2D eigenvalue weighted by molar-refractivity contribution is 6.13. The standard InChI is InChI=1S/C54H34N2O.2C2H6/c1-3-13-35(14-4-1)39-23-27-41(36-15-5-2-6-16-36)52(33-39)56-49-21-11-8-18-43(49)46-32-38(25-29-51(46)56)37-24-28-50-45(31-37)42-17-7-10-20-48(42)55(50)40-26-30-54-47(34-40)44-19-9-12-22-53(44)57-54;2*1-2/h1-34H;2*1-2H3. The van der Waals surface area contributed by atoms with Crippen LogP contribution < -0.4 is 0 Å². The van der Waals surface area contributed by atoms with Crippen molar-refractivity contribution in [1.29, 1.82) is 0 Å². The van der Waals surface area contributed by atoms with E-state index in [9.17, 15) is 0 Å². The highest BCUT2D eigenvalue weighted by Gasteiger charge is 2.19. The van der Waals surface area contributed by atoms with Crippen LogP contribution in [0.15, 0.2) is 211 Å². The van der Waals surface area contributed by atoms with Crippen molar-refractivity contribution in [1.82, 2.24) is 9.13 Å². The summed E-state index contributed by atoms with van der Waals surface area (Å²) in [4.78, 5) is 0. The highest BCUT2D eigenvalue weighted by Crippen LogP contribution is 2.41. The van der Waals surface area contributed by atoms with Crippen LogP contribution in [0, 0.1) is 0 Å². The molecular weight excluding hydrogens is 741 g/mol. The third kappa shape index (κ3) is 6.29. The molecule has 61 heavy (non-hydrogen) atoms. The van der Waals surface area contributed by atoms with Crippen molar-refractivity contribution in [3.05, 3.63) is 206 Å². The Morgan fingerprint density at radius 2 is 0.770 bits per heavy atom. The van der Waals surface area contributed by atoms with Crippen LogP contribution in [0.25, 0.3) is 110 Å². The Kier molecular flexibility index (Phi) is 9.78. The first-order chi connectivity index (χ1) is 30.3. The highest BCUT2D eigenvalue weighted by atomic mass is 16.3. The van der Waals surface area contributed by atoms with E-state index in [1.54, 1.807) is 0 Å². The summed E-state index contributed by atoms with van der Waals surface area (Å²) in [6, 6.07) is 74.6. The summed E-state index contributed by atoms with van der Waals surface area (Å²) in [5.74, 6) is 0. The van der Waals surface area contributed by atoms with Gasteiger partial charge in [0.25, 0.3) is 0 Å². The van der Waals surface area contributed by atoms with Gasteiger partial charge in [-0.1, -0.05) is 167 Å². The van der Waals surface area contributed by atoms with Gasteiger partial charge in [0, 0.05) is 43.6 Å². The summed E-state index contributed by atoms with van der Waals surface area (Å²) in [7, 11) is 0. The summed E-state index contributed by atoms with van der Waals surface area (Å²) in [6.07, 6.45) is 0. The zero-order valence-electron chi connectivity index (χ0n) is 34.9. The molecular formula is C58H46N2O. The van der Waals surface area contributed by atoms with Gasteiger partial charge in [0.15, 0.2) is 0 Å². The molecule has 0 aliphatic heterocycles. The lowest BCUT2D eigenvalue weighted by Crippen LogP contribution is -1.98. The quantitative estimate of drug-likeness (QED) is 0.170. The first-order valence-corrected chi connectivity index (χ1v) is 21.5. The molecule has 0 fully saturated rings. The van der Waals surface area contributed by atoms with Crippen LogP contribution in [0.3, 0.4) is 0 Å². The molecule has 0 unspecified atom stereocenters. The van der Waals surface area contributed by atoms with Crippen LogP contribution in [0.4, 0.5) is 0 Å². The van der Waals surface area contributed by atoms with E-state index in [1.807, 2.05) is 39.8 Å². The van der Waals surface area contributed by atoms with Gasteiger partial charge in [0.1, 0.15) is 11.2 Å². The van der Waals surface area contributed by atoms with E-state index < -0.39 is 0 Å². The molecule has 0 bridgehead atoms. The minimum atomic E-state index is 0.903. The largest absolute Gasteiger partial charge is 0.456 e. The van der Waals surface area contributed by atoms with Gasteiger partial charge in [-0.2, -0.15) is 0 Å². The number of furan rings is 1. The van der Waals surface area contributed by atoms with E-state index in [2.05, 4.69) is 203 Å². The summed E-state index contributed by atoms with van der Waals surface area (Å²) >= 11 is 0. The minimum absolute atomic E-state index is 0.903. The third-order valence-electron chi connectivity index (χ3n) is 11.7. The minimum Gasteiger partial charge on any atom is -0.456 e. The van der Waals surface area contributed by atoms with Crippen molar-refractivity contribution in [3.8, 4) is 44.8 Å². The molecule has 3 nitrogen and oxygen atoms in total. The fourth-order valence-corrected chi connectivity index (χ4v) is 9.08. The molecule has 294 valence electrons. The number of rotatable bonds is 5. The molecule has 0 saturated heterocycles. The van der Waals surface area contributed by atoms with Gasteiger partial charge in [-0.05, 0) is 94.5 Å². The van der Waals surface area contributed by atoms with Crippen LogP contribution in [0.5, 0.6) is 0 Å². The average molecular weight is 787 g/mol. The van der Waals surface area contributed by atoms with Gasteiger partial charge in [-0.25, -0.2) is 0 Å². The second-order valence-electron chi connectivity index (χ2n) is 14.9. The number of aromatic nitrogens is 2. The van der Waals surface area contributed by atoms with Gasteiger partial charge in [0.05, 0.1) is 27.8 Å². The number of benzene rings is 9. The summed E-state index contributed by atoms with van der Waals surface area (Å²) < 4.78 is 11.0. The van der Waals surface area contributed by atoms with E-state index in [0.717, 1.165) is 33.3 Å². The molecule has 12 aromatic rings. The zero-order chi connectivity index (χ0) is 41.5. The second kappa shape index (κ2) is 15.9. The molecule has 12 rings (SSSR count). The van der Waals surface area contributed by atoms with Crippen molar-refractivity contribution in [3.63, 3.8) is 0 Å². The van der Waals surface area contributed by atoms with Crippen LogP contribution in [0.2, 0.25) is 0 Å². The van der Waals surface area contributed by atoms with Crippen molar-refractivity contribution in [2.24, 2.45) is 0 Å². The van der Waals surface area contributed by atoms with Crippen molar-refractivity contribution < 1.29 is 4.42 Å². The maximum Gasteiger partial charge on any atom is 0.135 e. The molecule has 0 aliphatic carbocycles. The summed E-state index contributed by atoms with van der Waals surface area (Å²) in [6.45, 7) is 8.00. The smallest absolute Gasteiger partial charge is 0.135 e. The molecule has 3 heterocycles. The lowest BCUT2D eigenvalue weighted by Gasteiger charge is -2.16. The average Bonchev–Trinajstić information content (AvgIpc) is 4.00. The van der Waals surface area contributed by atoms with Crippen molar-refractivity contribution >= 4 is 65.6 Å². The van der Waals surface area contributed by atoms with Gasteiger partial charge < -0.3 is 13.6 Å². The predicted molar refractivity (Wildman–Crippen MR) is 261 cm³/mol. The van der Waals surface area contributed by atoms with Gasteiger partial charge in [-0.15, -0.1) is 0 Å². The van der Waals surface area contributed by atoms with Crippen molar-refractivity contribution in [2.45, 2.75) is 27.7 Å². The first kappa shape index (κ1) is 37.6. The number of hydrogen-bond donors (Lipinski definition) is 0. The molecule has 0 amide bonds. The first-order valence-electron chi connectivity index (χ1n) is 21.5. The number of hydrogen-bond acceptors (Lipinski definition) is 1. The van der Waals surface area contributed by atoms with E-state index in [-0.39, 0.29) is 0 Å². The monoisotopic (exact) mass is 786 g/mol. The SMILES string of the molecule is CC.CC.c1ccc(-c2ccc(-c3ccccc3)c(-n3c4ccccc4c4cc(-c5ccc6c(c5)c5ccccc5n6-c5ccc6oc7ccccc7c6c5)ccc43)c2)cc1. The lowest BCUT2D eigenvalue weighted by atomic mass is 9.98. The normalized spacial score (nSPS) is 11.3. The van der Waals surface area contributed by atoms with Crippen molar-refractivity contribution in [2.75, 3.05) is 0 Å². The fraction of sp³-hybridized carbons (Fsp3) is 0.0690. The molecule has 0 atom stereocenters. The van der Waals surface area contributed by atoms with Crippen LogP contribution in [-0.4, -0.2) is 9.13 Å². The molecule has 0 spiro atoms. The van der Waals surface area contributed by atoms with E-state index in [0.29, 0.717) is 0 Å². The topological polar surface area (TPSA) is 23.0 Å². The molecule has 0 N–H and O–H groups in total. The van der Waals surface area contributed by atoms with Crippen LogP contribution in [0.1, 0.15) is 27.7 Å². The van der Waals surface area contributed by atoms with E-state index >= 15 is 0 Å². The Morgan fingerprint density at radius 3 is 1.43 bits per heavy atom. The van der Waals surface area contributed by atoms with E-state index in [1.165, 1.54) is 77.0 Å². The Morgan fingerprint density at radius 1 is 0.295 bits per heavy atom. The number of para-hydroxylation sites is 3. The van der Waals surface area contributed by atoms with Crippen LogP contribution in [-0.2, 0) is 0 Å². The van der Waals surface area contributed by atoms with Gasteiger partial charge in [0.2, 0.25) is 0 Å². The van der Waals surface area contributed by atoms with E-state index in [4.69, 9.17) is 4.42 Å². The molecule has 3 heteroatoms. The maximum absolute atomic E-state index is 6.19. The zero-order valence-corrected chi connectivity index (χ0v) is 34.9. The Bertz CT molecular complexity index is 3510. The Balaban J connectivity index is 0.00000108. The molecule has 0 aliphatic rings. The summed E-state index contributed by atoms with van der Waals surface area (Å²) in [5, 5.41) is 7.19. The molecule has 9 aromatic carbocycles. The summed E-state index contributed by atoms with van der Waals surface area (Å²) in [5.41, 5.74) is 16.0. The predicted octanol–water partition coefficient (Wildman–Crippen LogP) is 16.8. The third-order valence-corrected chi connectivity index (χ3v) is 11.7. The maximum atomic E-state index is 6.19. The van der Waals surface area contributed by atoms with Crippen LogP contribution >= 0.6 is 0 Å².